The van der Waals surface area contributed by atoms with Gasteiger partial charge in [-0.15, -0.1) is 0 Å². The normalized spacial score (nSPS) is 16.0. The molecule has 0 aromatic heterocycles. The monoisotopic (exact) mass is 542 g/mol. The molecular formula is C33H38N2O5. The van der Waals surface area contributed by atoms with Gasteiger partial charge in [0.2, 0.25) is 5.91 Å². The van der Waals surface area contributed by atoms with Crippen LogP contribution in [-0.4, -0.2) is 42.1 Å². The Morgan fingerprint density at radius 3 is 2.23 bits per heavy atom. The van der Waals surface area contributed by atoms with Gasteiger partial charge in [0.25, 0.3) is 0 Å². The molecule has 0 radical (unpaired) electrons. The summed E-state index contributed by atoms with van der Waals surface area (Å²) in [4.78, 5) is 41.6. The van der Waals surface area contributed by atoms with Crippen molar-refractivity contribution in [3.05, 3.63) is 102 Å². The van der Waals surface area contributed by atoms with Crippen LogP contribution in [0, 0.1) is 0 Å². The van der Waals surface area contributed by atoms with Gasteiger partial charge < -0.3 is 9.47 Å². The van der Waals surface area contributed by atoms with Crippen molar-refractivity contribution in [2.45, 2.75) is 70.7 Å². The van der Waals surface area contributed by atoms with Crippen molar-refractivity contribution in [3.63, 3.8) is 0 Å². The number of aryl methyl sites for hydroxylation is 2. The number of benzene rings is 3. The number of fused-ring (bicyclic) bond motifs is 1. The number of para-hydroxylation sites is 1. The molecule has 0 fully saturated rings. The van der Waals surface area contributed by atoms with Crippen LogP contribution in [-0.2, 0) is 43.3 Å². The quantitative estimate of drug-likeness (QED) is 0.363. The van der Waals surface area contributed by atoms with Gasteiger partial charge in [-0.25, -0.2) is 0 Å². The number of carbonyl (C=O) groups is 3. The van der Waals surface area contributed by atoms with Crippen LogP contribution in [0.5, 0.6) is 0 Å². The first-order valence-electron chi connectivity index (χ1n) is 13.8. The first-order chi connectivity index (χ1) is 19.2. The maximum absolute atomic E-state index is 13.9. The molecule has 1 N–H and O–H groups in total. The standard InChI is InChI=1S/C33H38N2O5/c1-33(2,3)40-30(36)22-35-29-17-11-10-16-26(29)19-21-27(31(35)37)34-28(20-18-24-12-6-4-7-13-24)32(38)39-23-25-14-8-5-9-15-25/h4-17,27-28,34H,18-23H2,1-3H3/t27-,28+/m0/s1. The predicted octanol–water partition coefficient (Wildman–Crippen LogP) is 5.01. The van der Waals surface area contributed by atoms with Crippen molar-refractivity contribution in [1.82, 2.24) is 5.32 Å². The van der Waals surface area contributed by atoms with E-state index >= 15 is 0 Å². The highest BCUT2D eigenvalue weighted by molar-refractivity contribution is 6.02. The molecule has 1 amide bonds. The summed E-state index contributed by atoms with van der Waals surface area (Å²) in [5.41, 5.74) is 2.97. The Balaban J connectivity index is 1.54. The summed E-state index contributed by atoms with van der Waals surface area (Å²) in [5.74, 6) is -1.16. The molecule has 1 aliphatic rings. The van der Waals surface area contributed by atoms with E-state index in [2.05, 4.69) is 5.32 Å². The lowest BCUT2D eigenvalue weighted by Crippen LogP contribution is -2.53. The average molecular weight is 543 g/mol. The van der Waals surface area contributed by atoms with E-state index < -0.39 is 29.6 Å². The van der Waals surface area contributed by atoms with E-state index in [1.54, 1.807) is 20.8 Å². The highest BCUT2D eigenvalue weighted by Crippen LogP contribution is 2.28. The lowest BCUT2D eigenvalue weighted by Gasteiger charge is -2.29. The van der Waals surface area contributed by atoms with Crippen molar-refractivity contribution in [3.8, 4) is 0 Å². The first kappa shape index (κ1) is 29.0. The number of nitrogens with zero attached hydrogens (tertiary/aromatic N) is 1. The summed E-state index contributed by atoms with van der Waals surface area (Å²) >= 11 is 0. The molecular weight excluding hydrogens is 504 g/mol. The van der Waals surface area contributed by atoms with Gasteiger partial charge in [0.05, 0.1) is 6.04 Å². The van der Waals surface area contributed by atoms with Crippen LogP contribution in [0.2, 0.25) is 0 Å². The number of hydrogen-bond donors (Lipinski definition) is 1. The molecule has 1 aliphatic heterocycles. The van der Waals surface area contributed by atoms with Crippen molar-refractivity contribution < 1.29 is 23.9 Å². The molecule has 7 heteroatoms. The Morgan fingerprint density at radius 2 is 1.55 bits per heavy atom. The van der Waals surface area contributed by atoms with Crippen LogP contribution < -0.4 is 10.2 Å². The van der Waals surface area contributed by atoms with Gasteiger partial charge in [0.1, 0.15) is 24.8 Å². The molecule has 0 saturated carbocycles. The highest BCUT2D eigenvalue weighted by atomic mass is 16.6. The van der Waals surface area contributed by atoms with Crippen LogP contribution in [0.4, 0.5) is 5.69 Å². The molecule has 1 heterocycles. The SMILES string of the molecule is CC(C)(C)OC(=O)CN1C(=O)[C@@H](N[C@H](CCc2ccccc2)C(=O)OCc2ccccc2)CCc2ccccc21. The smallest absolute Gasteiger partial charge is 0.326 e. The summed E-state index contributed by atoms with van der Waals surface area (Å²) < 4.78 is 11.2. The third-order valence-electron chi connectivity index (χ3n) is 6.73. The van der Waals surface area contributed by atoms with Crippen molar-refractivity contribution in [2.75, 3.05) is 11.4 Å². The van der Waals surface area contributed by atoms with Gasteiger partial charge in [-0.05, 0) is 69.2 Å². The topological polar surface area (TPSA) is 84.9 Å². The number of amides is 1. The maximum Gasteiger partial charge on any atom is 0.326 e. The van der Waals surface area contributed by atoms with Gasteiger partial charge in [-0.2, -0.15) is 0 Å². The number of rotatable bonds is 10. The molecule has 210 valence electrons. The Morgan fingerprint density at radius 1 is 0.925 bits per heavy atom. The van der Waals surface area contributed by atoms with Crippen LogP contribution >= 0.6 is 0 Å². The van der Waals surface area contributed by atoms with Gasteiger partial charge >= 0.3 is 11.9 Å². The second-order valence-corrected chi connectivity index (χ2v) is 11.1. The average Bonchev–Trinajstić information content (AvgIpc) is 3.06. The number of nitrogens with one attached hydrogen (secondary N) is 1. The summed E-state index contributed by atoms with van der Waals surface area (Å²) in [6.45, 7) is 5.33. The summed E-state index contributed by atoms with van der Waals surface area (Å²) in [6.07, 6.45) is 2.20. The van der Waals surface area contributed by atoms with E-state index in [-0.39, 0.29) is 19.1 Å². The zero-order valence-corrected chi connectivity index (χ0v) is 23.5. The van der Waals surface area contributed by atoms with E-state index in [1.807, 2.05) is 84.9 Å². The summed E-state index contributed by atoms with van der Waals surface area (Å²) in [6, 6.07) is 25.6. The van der Waals surface area contributed by atoms with Gasteiger partial charge in [-0.1, -0.05) is 78.9 Å². The number of ether oxygens (including phenoxy) is 2. The van der Waals surface area contributed by atoms with E-state index in [1.165, 1.54) is 4.90 Å². The predicted molar refractivity (Wildman–Crippen MR) is 155 cm³/mol. The molecule has 3 aromatic rings. The Labute approximate surface area is 236 Å². The number of hydrogen-bond acceptors (Lipinski definition) is 6. The molecule has 0 aliphatic carbocycles. The minimum Gasteiger partial charge on any atom is -0.460 e. The molecule has 0 bridgehead atoms. The Hall–Kier alpha value is -3.97. The molecule has 0 saturated heterocycles. The minimum absolute atomic E-state index is 0.151. The van der Waals surface area contributed by atoms with Crippen molar-refractivity contribution in [2.24, 2.45) is 0 Å². The molecule has 4 rings (SSSR count). The van der Waals surface area contributed by atoms with E-state index in [9.17, 15) is 14.4 Å². The fourth-order valence-corrected chi connectivity index (χ4v) is 4.83. The van der Waals surface area contributed by atoms with E-state index in [0.29, 0.717) is 31.4 Å². The fraction of sp³-hybridized carbons (Fsp3) is 0.364. The van der Waals surface area contributed by atoms with Crippen LogP contribution in [0.1, 0.15) is 50.3 Å². The molecule has 0 spiro atoms. The zero-order valence-electron chi connectivity index (χ0n) is 23.5. The van der Waals surface area contributed by atoms with Gasteiger partial charge in [0, 0.05) is 5.69 Å². The minimum atomic E-state index is -0.706. The molecule has 7 nitrogen and oxygen atoms in total. The largest absolute Gasteiger partial charge is 0.460 e. The molecule has 3 aromatic carbocycles. The highest BCUT2D eigenvalue weighted by Gasteiger charge is 2.35. The van der Waals surface area contributed by atoms with Crippen molar-refractivity contribution in [1.29, 1.82) is 0 Å². The second kappa shape index (κ2) is 13.4. The van der Waals surface area contributed by atoms with Crippen LogP contribution in [0.25, 0.3) is 0 Å². The maximum atomic E-state index is 13.9. The fourth-order valence-electron chi connectivity index (χ4n) is 4.83. The Kier molecular flexibility index (Phi) is 9.72. The third kappa shape index (κ3) is 8.26. The van der Waals surface area contributed by atoms with Gasteiger partial charge in [-0.3, -0.25) is 24.6 Å². The van der Waals surface area contributed by atoms with Crippen molar-refractivity contribution >= 4 is 23.5 Å². The van der Waals surface area contributed by atoms with Gasteiger partial charge in [0.15, 0.2) is 0 Å². The van der Waals surface area contributed by atoms with Crippen LogP contribution in [0.3, 0.4) is 0 Å². The molecule has 40 heavy (non-hydrogen) atoms. The Bertz CT molecular complexity index is 1290. The number of carbonyl (C=O) groups excluding carboxylic acids is 3. The van der Waals surface area contributed by atoms with E-state index in [0.717, 1.165) is 16.7 Å². The first-order valence-corrected chi connectivity index (χ1v) is 13.8. The second-order valence-electron chi connectivity index (χ2n) is 11.1. The number of anilines is 1. The third-order valence-corrected chi connectivity index (χ3v) is 6.73. The van der Waals surface area contributed by atoms with E-state index in [4.69, 9.17) is 9.47 Å². The number of esters is 2. The summed E-state index contributed by atoms with van der Waals surface area (Å²) in [7, 11) is 0. The lowest BCUT2D eigenvalue weighted by molar-refractivity contribution is -0.154. The summed E-state index contributed by atoms with van der Waals surface area (Å²) in [5, 5.41) is 3.32. The van der Waals surface area contributed by atoms with Crippen LogP contribution in [0.15, 0.2) is 84.9 Å². The zero-order chi connectivity index (χ0) is 28.5. The molecule has 2 atom stereocenters. The molecule has 0 unspecified atom stereocenters. The lowest BCUT2D eigenvalue weighted by atomic mass is 10.0.